The molecule has 0 aliphatic rings. The molecule has 0 amide bonds. The molecule has 0 bridgehead atoms. The van der Waals surface area contributed by atoms with Crippen molar-refractivity contribution in [3.8, 4) is 0 Å². The van der Waals surface area contributed by atoms with E-state index in [2.05, 4.69) is 20.8 Å². The summed E-state index contributed by atoms with van der Waals surface area (Å²) in [4.78, 5) is 0. The van der Waals surface area contributed by atoms with Gasteiger partial charge in [-0.1, -0.05) is 26.2 Å². The minimum Gasteiger partial charge on any atom is -0.422 e. The Bertz CT molecular complexity index is 64.3. The summed E-state index contributed by atoms with van der Waals surface area (Å²) in [5.41, 5.74) is 0. The zero-order valence-corrected chi connectivity index (χ0v) is 8.94. The van der Waals surface area contributed by atoms with Crippen LogP contribution < -0.4 is 0 Å². The van der Waals surface area contributed by atoms with E-state index in [9.17, 15) is 0 Å². The Labute approximate surface area is 67.1 Å². The summed E-state index contributed by atoms with van der Waals surface area (Å²) in [6.07, 6.45) is 4.56. The molecule has 0 aromatic heterocycles. The number of hydrogen-bond acceptors (Lipinski definition) is 1. The maximum atomic E-state index is 5.53. The molecule has 0 saturated carbocycles. The summed E-state index contributed by atoms with van der Waals surface area (Å²) < 4.78 is 5.53. The summed E-state index contributed by atoms with van der Waals surface area (Å²) in [6.45, 7) is 6.48. The van der Waals surface area contributed by atoms with Crippen molar-refractivity contribution in [2.45, 2.75) is 52.2 Å². The highest BCUT2D eigenvalue weighted by atomic mass is 28.2. The van der Waals surface area contributed by atoms with Crippen molar-refractivity contribution in [3.05, 3.63) is 0 Å². The average Bonchev–Trinajstić information content (AvgIpc) is 1.87. The van der Waals surface area contributed by atoms with E-state index in [0.29, 0.717) is 6.10 Å². The molecule has 0 atom stereocenters. The molecule has 0 N–H and O–H groups in total. The van der Waals surface area contributed by atoms with Crippen LogP contribution in [-0.2, 0) is 4.43 Å². The van der Waals surface area contributed by atoms with Crippen LogP contribution in [0, 0.1) is 0 Å². The van der Waals surface area contributed by atoms with E-state index >= 15 is 0 Å². The van der Waals surface area contributed by atoms with Crippen LogP contribution in [0.25, 0.3) is 0 Å². The van der Waals surface area contributed by atoms with Gasteiger partial charge in [0.05, 0.1) is 0 Å². The van der Waals surface area contributed by atoms with E-state index in [1.54, 1.807) is 0 Å². The topological polar surface area (TPSA) is 9.23 Å². The molecule has 10 heavy (non-hydrogen) atoms. The highest BCUT2D eigenvalue weighted by Crippen LogP contribution is 1.99. The Morgan fingerprint density at radius 1 is 1.30 bits per heavy atom. The molecule has 0 radical (unpaired) electrons. The molecule has 0 aromatic carbocycles. The van der Waals surface area contributed by atoms with Crippen molar-refractivity contribution in [1.82, 2.24) is 0 Å². The van der Waals surface area contributed by atoms with Crippen molar-refractivity contribution in [1.29, 1.82) is 0 Å². The fraction of sp³-hybridized carbons (Fsp3) is 1.00. The molecule has 2 heteroatoms. The quantitative estimate of drug-likeness (QED) is 0.427. The third-order valence-corrected chi connectivity index (χ3v) is 3.14. The lowest BCUT2D eigenvalue weighted by atomic mass is 10.3. The van der Waals surface area contributed by atoms with Crippen LogP contribution in [0.5, 0.6) is 0 Å². The van der Waals surface area contributed by atoms with Gasteiger partial charge in [-0.25, -0.2) is 0 Å². The van der Waals surface area contributed by atoms with E-state index in [1.807, 2.05) is 0 Å². The van der Waals surface area contributed by atoms with Gasteiger partial charge in [0.2, 0.25) is 0 Å². The molecule has 0 unspecified atom stereocenters. The van der Waals surface area contributed by atoms with E-state index in [-0.39, 0.29) is 9.76 Å². The van der Waals surface area contributed by atoms with Gasteiger partial charge in [0, 0.05) is 6.10 Å². The monoisotopic (exact) mass is 160 g/mol. The number of rotatable bonds is 6. The van der Waals surface area contributed by atoms with Crippen LogP contribution >= 0.6 is 0 Å². The van der Waals surface area contributed by atoms with Crippen LogP contribution in [0.4, 0.5) is 0 Å². The van der Waals surface area contributed by atoms with Gasteiger partial charge in [-0.3, -0.25) is 0 Å². The molecular weight excluding hydrogens is 140 g/mol. The van der Waals surface area contributed by atoms with Gasteiger partial charge < -0.3 is 4.43 Å². The number of hydrogen-bond donors (Lipinski definition) is 0. The van der Waals surface area contributed by atoms with Crippen molar-refractivity contribution >= 4 is 9.76 Å². The van der Waals surface area contributed by atoms with Crippen LogP contribution in [0.1, 0.15) is 40.0 Å². The molecule has 0 aliphatic heterocycles. The van der Waals surface area contributed by atoms with Crippen molar-refractivity contribution in [2.75, 3.05) is 0 Å². The third-order valence-electron chi connectivity index (χ3n) is 1.45. The average molecular weight is 160 g/mol. The summed E-state index contributed by atoms with van der Waals surface area (Å²) in [7, 11) is -0.156. The molecule has 0 spiro atoms. The first-order chi connectivity index (χ1) is 4.77. The Balaban J connectivity index is 2.77. The minimum absolute atomic E-state index is 0.156. The van der Waals surface area contributed by atoms with Crippen LogP contribution in [0.2, 0.25) is 6.04 Å². The van der Waals surface area contributed by atoms with Gasteiger partial charge in [-0.15, -0.1) is 0 Å². The van der Waals surface area contributed by atoms with Crippen molar-refractivity contribution in [2.24, 2.45) is 0 Å². The van der Waals surface area contributed by atoms with Crippen molar-refractivity contribution < 1.29 is 4.43 Å². The zero-order chi connectivity index (χ0) is 7.82. The van der Waals surface area contributed by atoms with Gasteiger partial charge in [0.1, 0.15) is 0 Å². The zero-order valence-electron chi connectivity index (χ0n) is 7.52. The maximum Gasteiger partial charge on any atom is 0.161 e. The maximum absolute atomic E-state index is 5.53. The van der Waals surface area contributed by atoms with E-state index < -0.39 is 0 Å². The molecule has 0 aromatic rings. The summed E-state index contributed by atoms with van der Waals surface area (Å²) in [5, 5.41) is 0. The van der Waals surface area contributed by atoms with Gasteiger partial charge in [-0.05, 0) is 19.9 Å². The van der Waals surface area contributed by atoms with E-state index in [1.165, 1.54) is 25.3 Å². The molecule has 0 heterocycles. The lowest BCUT2D eigenvalue weighted by molar-refractivity contribution is 0.255. The molecule has 1 nitrogen and oxygen atoms in total. The number of unbranched alkanes of at least 4 members (excludes halogenated alkanes) is 2. The first-order valence-electron chi connectivity index (χ1n) is 4.39. The standard InChI is InChI=1S/C8H20OSi/c1-4-5-6-7-10-9-8(2)3/h8H,4-7,10H2,1-3H3. The molecule has 62 valence electrons. The molecule has 0 aliphatic carbocycles. The summed E-state index contributed by atoms with van der Waals surface area (Å²) >= 11 is 0. The highest BCUT2D eigenvalue weighted by Gasteiger charge is 1.92. The minimum atomic E-state index is -0.156. The SMILES string of the molecule is CCCCC[SiH2]OC(C)C. The van der Waals surface area contributed by atoms with E-state index in [4.69, 9.17) is 4.43 Å². The van der Waals surface area contributed by atoms with Gasteiger partial charge in [0.15, 0.2) is 9.76 Å². The van der Waals surface area contributed by atoms with Gasteiger partial charge >= 0.3 is 0 Å². The Morgan fingerprint density at radius 2 is 2.00 bits per heavy atom. The van der Waals surface area contributed by atoms with Crippen LogP contribution in [0.15, 0.2) is 0 Å². The third kappa shape index (κ3) is 8.18. The van der Waals surface area contributed by atoms with Gasteiger partial charge in [0.25, 0.3) is 0 Å². The normalized spacial score (nSPS) is 12.0. The van der Waals surface area contributed by atoms with E-state index in [0.717, 1.165) is 0 Å². The van der Waals surface area contributed by atoms with Crippen LogP contribution in [0.3, 0.4) is 0 Å². The first-order valence-corrected chi connectivity index (χ1v) is 5.96. The Kier molecular flexibility index (Phi) is 7.41. The summed E-state index contributed by atoms with van der Waals surface area (Å²) in [5.74, 6) is 0. The fourth-order valence-corrected chi connectivity index (χ4v) is 2.04. The highest BCUT2D eigenvalue weighted by molar-refractivity contribution is 6.27. The second kappa shape index (κ2) is 7.29. The predicted octanol–water partition coefficient (Wildman–Crippen LogP) is 2.10. The van der Waals surface area contributed by atoms with Crippen LogP contribution in [-0.4, -0.2) is 15.9 Å². The Hall–Kier alpha value is 0.177. The second-order valence-corrected chi connectivity index (χ2v) is 4.43. The first kappa shape index (κ1) is 10.2. The smallest absolute Gasteiger partial charge is 0.161 e. The predicted molar refractivity (Wildman–Crippen MR) is 49.1 cm³/mol. The van der Waals surface area contributed by atoms with Gasteiger partial charge in [-0.2, -0.15) is 0 Å². The molecule has 0 rings (SSSR count). The molecule has 0 fully saturated rings. The lowest BCUT2D eigenvalue weighted by Gasteiger charge is -2.05. The van der Waals surface area contributed by atoms with Crippen molar-refractivity contribution in [3.63, 3.8) is 0 Å². The second-order valence-electron chi connectivity index (χ2n) is 2.98. The summed E-state index contributed by atoms with van der Waals surface area (Å²) in [6, 6.07) is 1.37. The largest absolute Gasteiger partial charge is 0.422 e. The fourth-order valence-electron chi connectivity index (χ4n) is 0.848. The lowest BCUT2D eigenvalue weighted by Crippen LogP contribution is -2.06. The Morgan fingerprint density at radius 3 is 2.50 bits per heavy atom. The molecular formula is C8H20OSi. The molecule has 0 saturated heterocycles.